The van der Waals surface area contributed by atoms with Crippen molar-refractivity contribution in [2.75, 3.05) is 13.1 Å². The summed E-state index contributed by atoms with van der Waals surface area (Å²) in [4.78, 5) is 25.5. The summed E-state index contributed by atoms with van der Waals surface area (Å²) in [7, 11) is 0. The maximum atomic E-state index is 12.5. The number of thiophene rings is 1. The fourth-order valence-corrected chi connectivity index (χ4v) is 3.45. The quantitative estimate of drug-likeness (QED) is 0.947. The second-order valence-corrected chi connectivity index (χ2v) is 6.34. The van der Waals surface area contributed by atoms with Crippen LogP contribution >= 0.6 is 11.3 Å². The van der Waals surface area contributed by atoms with Crippen LogP contribution < -0.4 is 5.73 Å². The van der Waals surface area contributed by atoms with Gasteiger partial charge < -0.3 is 10.6 Å². The highest BCUT2D eigenvalue weighted by atomic mass is 32.1. The number of rotatable bonds is 3. The van der Waals surface area contributed by atoms with E-state index in [0.29, 0.717) is 31.5 Å². The number of hydrogen-bond donors (Lipinski definition) is 1. The number of nitrogens with two attached hydrogens (primary N) is 1. The summed E-state index contributed by atoms with van der Waals surface area (Å²) < 4.78 is 0. The van der Waals surface area contributed by atoms with Gasteiger partial charge in [-0.2, -0.15) is 11.3 Å². The van der Waals surface area contributed by atoms with Crippen molar-refractivity contribution in [3.63, 3.8) is 0 Å². The molecule has 3 rings (SSSR count). The summed E-state index contributed by atoms with van der Waals surface area (Å²) >= 11 is 1.66. The van der Waals surface area contributed by atoms with E-state index in [1.807, 2.05) is 29.6 Å². The van der Waals surface area contributed by atoms with Crippen LogP contribution in [0, 0.1) is 5.92 Å². The van der Waals surface area contributed by atoms with E-state index in [2.05, 4.69) is 11.4 Å². The molecule has 22 heavy (non-hydrogen) atoms. The normalized spacial score (nSPS) is 15.7. The number of carbonyl (C=O) groups excluding carboxylic acids is 2. The molecular weight excluding hydrogens is 296 g/mol. The Kier molecular flexibility index (Phi) is 4.24. The summed E-state index contributed by atoms with van der Waals surface area (Å²) in [5.74, 6) is -0.322. The molecule has 1 aliphatic heterocycles. The predicted molar refractivity (Wildman–Crippen MR) is 87.6 cm³/mol. The van der Waals surface area contributed by atoms with Crippen molar-refractivity contribution in [2.45, 2.75) is 12.8 Å². The number of hydrogen-bond acceptors (Lipinski definition) is 3. The van der Waals surface area contributed by atoms with Gasteiger partial charge in [0.25, 0.3) is 5.91 Å². The van der Waals surface area contributed by atoms with E-state index in [0.717, 1.165) is 5.56 Å². The number of likely N-dealkylation sites (tertiary alicyclic amines) is 1. The predicted octanol–water partition coefficient (Wildman–Crippen LogP) is 2.75. The molecule has 0 saturated carbocycles. The van der Waals surface area contributed by atoms with Crippen LogP contribution in [0.3, 0.4) is 0 Å². The Morgan fingerprint density at radius 3 is 2.27 bits per heavy atom. The first-order valence-electron chi connectivity index (χ1n) is 7.36. The second-order valence-electron chi connectivity index (χ2n) is 5.56. The number of carbonyl (C=O) groups is 2. The van der Waals surface area contributed by atoms with Gasteiger partial charge in [-0.1, -0.05) is 12.1 Å². The first-order chi connectivity index (χ1) is 10.6. The molecule has 0 aliphatic carbocycles. The van der Waals surface area contributed by atoms with Crippen molar-refractivity contribution in [3.8, 4) is 11.1 Å². The van der Waals surface area contributed by atoms with Crippen LogP contribution in [0.4, 0.5) is 0 Å². The van der Waals surface area contributed by atoms with Gasteiger partial charge in [-0.05, 0) is 52.9 Å². The number of piperidine rings is 1. The van der Waals surface area contributed by atoms with Crippen LogP contribution in [-0.4, -0.2) is 29.8 Å². The minimum atomic E-state index is -0.257. The van der Waals surface area contributed by atoms with Crippen LogP contribution in [0.1, 0.15) is 23.2 Å². The van der Waals surface area contributed by atoms with Crippen LogP contribution in [0.5, 0.6) is 0 Å². The molecule has 0 spiro atoms. The smallest absolute Gasteiger partial charge is 0.253 e. The van der Waals surface area contributed by atoms with Crippen molar-refractivity contribution < 1.29 is 9.59 Å². The molecule has 2 N–H and O–H groups in total. The third kappa shape index (κ3) is 3.04. The first-order valence-corrected chi connectivity index (χ1v) is 8.30. The highest BCUT2D eigenvalue weighted by Gasteiger charge is 2.26. The summed E-state index contributed by atoms with van der Waals surface area (Å²) in [6.45, 7) is 1.19. The van der Waals surface area contributed by atoms with Crippen LogP contribution in [0.2, 0.25) is 0 Å². The molecule has 5 heteroatoms. The molecule has 2 heterocycles. The number of primary amides is 1. The van der Waals surface area contributed by atoms with Crippen molar-refractivity contribution in [1.29, 1.82) is 0 Å². The van der Waals surface area contributed by atoms with Crippen molar-refractivity contribution in [2.24, 2.45) is 11.7 Å². The lowest BCUT2D eigenvalue weighted by molar-refractivity contribution is -0.123. The van der Waals surface area contributed by atoms with Gasteiger partial charge in [-0.15, -0.1) is 0 Å². The zero-order valence-corrected chi connectivity index (χ0v) is 13.0. The van der Waals surface area contributed by atoms with Crippen LogP contribution in [-0.2, 0) is 4.79 Å². The van der Waals surface area contributed by atoms with Crippen molar-refractivity contribution >= 4 is 23.2 Å². The molecule has 1 fully saturated rings. The first kappa shape index (κ1) is 14.8. The Balaban J connectivity index is 1.67. The van der Waals surface area contributed by atoms with Crippen LogP contribution in [0.25, 0.3) is 11.1 Å². The Labute approximate surface area is 133 Å². The van der Waals surface area contributed by atoms with Gasteiger partial charge in [0.05, 0.1) is 0 Å². The number of benzene rings is 1. The number of nitrogens with zero attached hydrogens (tertiary/aromatic N) is 1. The molecule has 1 aromatic carbocycles. The molecule has 0 atom stereocenters. The maximum absolute atomic E-state index is 12.5. The average Bonchev–Trinajstić information content (AvgIpc) is 3.09. The molecule has 1 saturated heterocycles. The Hall–Kier alpha value is -2.14. The highest BCUT2D eigenvalue weighted by molar-refractivity contribution is 7.08. The molecule has 114 valence electrons. The second kappa shape index (κ2) is 6.32. The monoisotopic (exact) mass is 314 g/mol. The molecule has 0 radical (unpaired) electrons. The van der Waals surface area contributed by atoms with E-state index >= 15 is 0 Å². The van der Waals surface area contributed by atoms with Gasteiger partial charge in [0.1, 0.15) is 0 Å². The van der Waals surface area contributed by atoms with Gasteiger partial charge in [-0.25, -0.2) is 0 Å². The minimum Gasteiger partial charge on any atom is -0.369 e. The van der Waals surface area contributed by atoms with Crippen molar-refractivity contribution in [1.82, 2.24) is 4.90 Å². The average molecular weight is 314 g/mol. The fraction of sp³-hybridized carbons (Fsp3) is 0.294. The molecule has 2 aromatic rings. The van der Waals surface area contributed by atoms with E-state index < -0.39 is 0 Å². The van der Waals surface area contributed by atoms with Gasteiger partial charge >= 0.3 is 0 Å². The molecule has 1 aliphatic rings. The Morgan fingerprint density at radius 2 is 1.73 bits per heavy atom. The fourth-order valence-electron chi connectivity index (χ4n) is 2.78. The molecule has 1 aromatic heterocycles. The number of amides is 2. The van der Waals surface area contributed by atoms with Crippen LogP contribution in [0.15, 0.2) is 41.1 Å². The minimum absolute atomic E-state index is 0.0276. The standard InChI is InChI=1S/C17H18N2O2S/c18-16(20)13-5-8-19(9-6-13)17(21)14-3-1-12(2-4-14)15-7-10-22-11-15/h1-4,7,10-11,13H,5-6,8-9H2,(H2,18,20). The summed E-state index contributed by atoms with van der Waals surface area (Å²) in [6, 6.07) is 9.76. The summed E-state index contributed by atoms with van der Waals surface area (Å²) in [5, 5.41) is 4.13. The zero-order valence-electron chi connectivity index (χ0n) is 12.2. The molecule has 2 amide bonds. The Bertz CT molecular complexity index is 656. The molecule has 4 nitrogen and oxygen atoms in total. The van der Waals surface area contributed by atoms with Crippen molar-refractivity contribution in [3.05, 3.63) is 46.7 Å². The lowest BCUT2D eigenvalue weighted by Crippen LogP contribution is -2.41. The Morgan fingerprint density at radius 1 is 1.05 bits per heavy atom. The topological polar surface area (TPSA) is 63.4 Å². The van der Waals surface area contributed by atoms with E-state index in [1.165, 1.54) is 5.56 Å². The lowest BCUT2D eigenvalue weighted by Gasteiger charge is -2.30. The highest BCUT2D eigenvalue weighted by Crippen LogP contribution is 2.23. The molecule has 0 unspecified atom stereocenters. The van der Waals surface area contributed by atoms with E-state index in [9.17, 15) is 9.59 Å². The van der Waals surface area contributed by atoms with Gasteiger partial charge in [0.2, 0.25) is 5.91 Å². The zero-order chi connectivity index (χ0) is 15.5. The lowest BCUT2D eigenvalue weighted by atomic mass is 9.95. The third-order valence-corrected chi connectivity index (χ3v) is 4.85. The van der Waals surface area contributed by atoms with Gasteiger partial charge in [-0.3, -0.25) is 9.59 Å². The van der Waals surface area contributed by atoms with Gasteiger partial charge in [0, 0.05) is 24.6 Å². The maximum Gasteiger partial charge on any atom is 0.253 e. The van der Waals surface area contributed by atoms with E-state index in [4.69, 9.17) is 5.73 Å². The molecule has 0 bridgehead atoms. The SMILES string of the molecule is NC(=O)C1CCN(C(=O)c2ccc(-c3ccsc3)cc2)CC1. The van der Waals surface area contributed by atoms with E-state index in [-0.39, 0.29) is 17.7 Å². The molecular formula is C17H18N2O2S. The van der Waals surface area contributed by atoms with Gasteiger partial charge in [0.15, 0.2) is 0 Å². The van der Waals surface area contributed by atoms with E-state index in [1.54, 1.807) is 16.2 Å². The summed E-state index contributed by atoms with van der Waals surface area (Å²) in [6.07, 6.45) is 1.32. The third-order valence-electron chi connectivity index (χ3n) is 4.17. The largest absolute Gasteiger partial charge is 0.369 e. The summed E-state index contributed by atoms with van der Waals surface area (Å²) in [5.41, 5.74) is 8.30.